The maximum absolute atomic E-state index is 13.3. The minimum Gasteiger partial charge on any atom is -0.346 e. The van der Waals surface area contributed by atoms with E-state index in [9.17, 15) is 9.59 Å². The predicted octanol–water partition coefficient (Wildman–Crippen LogP) is 4.34. The molecule has 1 saturated carbocycles. The first-order valence-corrected chi connectivity index (χ1v) is 11.6. The Morgan fingerprint density at radius 3 is 2.71 bits per heavy atom. The topological polar surface area (TPSA) is 95.9 Å². The van der Waals surface area contributed by atoms with Gasteiger partial charge < -0.3 is 15.2 Å². The highest BCUT2D eigenvalue weighted by Gasteiger charge is 2.39. The first kappa shape index (κ1) is 20.7. The van der Waals surface area contributed by atoms with Gasteiger partial charge in [-0.1, -0.05) is 0 Å². The summed E-state index contributed by atoms with van der Waals surface area (Å²) in [6.07, 6.45) is 9.92. The first-order valence-electron chi connectivity index (χ1n) is 11.6. The summed E-state index contributed by atoms with van der Waals surface area (Å²) in [7, 11) is 1.89. The fraction of sp³-hybridized carbons (Fsp3) is 0.308. The van der Waals surface area contributed by atoms with Gasteiger partial charge >= 0.3 is 0 Å². The number of H-pyrrole nitrogens is 1. The number of nitrogens with one attached hydrogen (secondary N) is 2. The van der Waals surface area contributed by atoms with Crippen molar-refractivity contribution in [2.45, 2.75) is 39.3 Å². The normalized spacial score (nSPS) is 16.2. The van der Waals surface area contributed by atoms with Crippen LogP contribution in [0.5, 0.6) is 0 Å². The number of aromatic nitrogens is 4. The van der Waals surface area contributed by atoms with Crippen LogP contribution in [-0.2, 0) is 18.4 Å². The molecule has 4 heterocycles. The highest BCUT2D eigenvalue weighted by Crippen LogP contribution is 2.41. The minimum atomic E-state index is -0.195. The molecule has 2 amide bonds. The molecular weight excluding hydrogens is 428 g/mol. The maximum Gasteiger partial charge on any atom is 0.256 e. The van der Waals surface area contributed by atoms with Crippen molar-refractivity contribution in [3.63, 3.8) is 0 Å². The van der Waals surface area contributed by atoms with Gasteiger partial charge in [0.2, 0.25) is 5.91 Å². The van der Waals surface area contributed by atoms with Crippen molar-refractivity contribution in [3.05, 3.63) is 54.1 Å². The number of hydrogen-bond donors (Lipinski definition) is 2. The van der Waals surface area contributed by atoms with E-state index in [2.05, 4.69) is 39.4 Å². The number of aromatic amines is 1. The summed E-state index contributed by atoms with van der Waals surface area (Å²) in [6, 6.07) is 6.26. The van der Waals surface area contributed by atoms with Gasteiger partial charge in [-0.3, -0.25) is 14.3 Å². The fourth-order valence-corrected chi connectivity index (χ4v) is 5.06. The van der Waals surface area contributed by atoms with Gasteiger partial charge in [-0.2, -0.15) is 5.10 Å². The Bertz CT molecular complexity index is 1460. The average Bonchev–Trinajstić information content (AvgIpc) is 3.29. The van der Waals surface area contributed by atoms with E-state index < -0.39 is 0 Å². The lowest BCUT2D eigenvalue weighted by molar-refractivity contribution is -0.114. The Balaban J connectivity index is 1.45. The van der Waals surface area contributed by atoms with E-state index in [4.69, 9.17) is 0 Å². The number of rotatable bonds is 5. The number of amides is 2. The lowest BCUT2D eigenvalue weighted by Crippen LogP contribution is -2.34. The number of nitrogens with zero attached hydrogens (tertiary/aromatic N) is 4. The molecule has 0 saturated heterocycles. The number of pyridine rings is 1. The maximum atomic E-state index is 13.3. The number of carbonyl (C=O) groups excluding carboxylic acids is 2. The molecule has 34 heavy (non-hydrogen) atoms. The van der Waals surface area contributed by atoms with Crippen molar-refractivity contribution in [1.29, 1.82) is 0 Å². The van der Waals surface area contributed by atoms with Crippen LogP contribution in [0.1, 0.15) is 42.6 Å². The molecule has 1 aliphatic carbocycles. The average molecular weight is 455 g/mol. The summed E-state index contributed by atoms with van der Waals surface area (Å²) in [6.45, 7) is 4.16. The van der Waals surface area contributed by atoms with E-state index in [0.717, 1.165) is 38.9 Å². The Hall–Kier alpha value is -3.94. The molecule has 0 unspecified atom stereocenters. The van der Waals surface area contributed by atoms with Crippen LogP contribution in [0.25, 0.3) is 33.3 Å². The summed E-state index contributed by atoms with van der Waals surface area (Å²) in [5, 5.41) is 8.18. The van der Waals surface area contributed by atoms with E-state index in [1.807, 2.05) is 42.8 Å². The smallest absolute Gasteiger partial charge is 0.256 e. The second-order valence-corrected chi connectivity index (χ2v) is 9.48. The van der Waals surface area contributed by atoms with Crippen LogP contribution in [0.15, 0.2) is 43.0 Å². The number of fused-ring (bicyclic) bond motifs is 2. The molecule has 4 aromatic rings. The van der Waals surface area contributed by atoms with Gasteiger partial charge in [0.05, 0.1) is 17.4 Å². The van der Waals surface area contributed by atoms with Gasteiger partial charge in [-0.05, 0) is 55.0 Å². The lowest BCUT2D eigenvalue weighted by atomic mass is 9.98. The van der Waals surface area contributed by atoms with Crippen molar-refractivity contribution >= 4 is 28.5 Å². The number of anilines is 1. The Morgan fingerprint density at radius 1 is 1.18 bits per heavy atom. The number of benzene rings is 1. The largest absolute Gasteiger partial charge is 0.346 e. The molecule has 3 aromatic heterocycles. The molecular formula is C26H26N6O2. The standard InChI is InChI=1S/C26H26N6O2/c1-14(16-4-5-16)32-13-19-6-17(8-23(30-15(2)33)24(19)26(32)34)18-7-21-22(11-28-25(21)27-9-18)20-10-29-31(3)12-20/h6-12,14,16H,4-5,13H2,1-3H3,(H,27,28)(H,30,33)/t14-/m0/s1. The van der Waals surface area contributed by atoms with Crippen molar-refractivity contribution < 1.29 is 9.59 Å². The number of hydrogen-bond acceptors (Lipinski definition) is 4. The third-order valence-corrected chi connectivity index (χ3v) is 7.02. The highest BCUT2D eigenvalue weighted by atomic mass is 16.2. The van der Waals surface area contributed by atoms with Crippen LogP contribution in [0.2, 0.25) is 0 Å². The summed E-state index contributed by atoms with van der Waals surface area (Å²) in [5.74, 6) is 0.384. The zero-order valence-electron chi connectivity index (χ0n) is 19.4. The summed E-state index contributed by atoms with van der Waals surface area (Å²) in [4.78, 5) is 35.1. The van der Waals surface area contributed by atoms with Crippen LogP contribution in [0.3, 0.4) is 0 Å². The lowest BCUT2D eigenvalue weighted by Gasteiger charge is -2.24. The van der Waals surface area contributed by atoms with Gasteiger partial charge in [0.15, 0.2) is 0 Å². The molecule has 0 bridgehead atoms. The number of carbonyl (C=O) groups is 2. The van der Waals surface area contributed by atoms with Gasteiger partial charge in [-0.25, -0.2) is 4.98 Å². The highest BCUT2D eigenvalue weighted by molar-refractivity contribution is 6.07. The van der Waals surface area contributed by atoms with E-state index in [0.29, 0.717) is 23.7 Å². The molecule has 8 nitrogen and oxygen atoms in total. The Kier molecular flexibility index (Phi) is 4.58. The third-order valence-electron chi connectivity index (χ3n) is 7.02. The quantitative estimate of drug-likeness (QED) is 0.469. The van der Waals surface area contributed by atoms with E-state index in [1.165, 1.54) is 19.8 Å². The van der Waals surface area contributed by atoms with Crippen molar-refractivity contribution in [1.82, 2.24) is 24.6 Å². The zero-order chi connectivity index (χ0) is 23.6. The van der Waals surface area contributed by atoms with Gasteiger partial charge in [0.1, 0.15) is 5.65 Å². The Morgan fingerprint density at radius 2 is 2.00 bits per heavy atom. The molecule has 1 aliphatic heterocycles. The minimum absolute atomic E-state index is 0.00257. The van der Waals surface area contributed by atoms with Crippen LogP contribution >= 0.6 is 0 Å². The van der Waals surface area contributed by atoms with Crippen molar-refractivity contribution in [3.8, 4) is 22.3 Å². The van der Waals surface area contributed by atoms with Crippen molar-refractivity contribution in [2.24, 2.45) is 13.0 Å². The second-order valence-electron chi connectivity index (χ2n) is 9.48. The third kappa shape index (κ3) is 3.37. The zero-order valence-corrected chi connectivity index (χ0v) is 19.4. The van der Waals surface area contributed by atoms with Gasteiger partial charge in [0, 0.05) is 67.2 Å². The van der Waals surface area contributed by atoms with E-state index in [1.54, 1.807) is 4.68 Å². The molecule has 1 aromatic carbocycles. The molecule has 1 fully saturated rings. The van der Waals surface area contributed by atoms with E-state index in [-0.39, 0.29) is 17.9 Å². The number of aryl methyl sites for hydroxylation is 1. The van der Waals surface area contributed by atoms with Crippen LogP contribution in [-0.4, -0.2) is 42.5 Å². The predicted molar refractivity (Wildman–Crippen MR) is 130 cm³/mol. The summed E-state index contributed by atoms with van der Waals surface area (Å²) < 4.78 is 1.77. The molecule has 2 N–H and O–H groups in total. The van der Waals surface area contributed by atoms with Crippen LogP contribution in [0.4, 0.5) is 5.69 Å². The molecule has 2 aliphatic rings. The molecule has 1 atom stereocenters. The summed E-state index contributed by atoms with van der Waals surface area (Å²) in [5.41, 5.74) is 6.80. The van der Waals surface area contributed by atoms with Gasteiger partial charge in [-0.15, -0.1) is 0 Å². The van der Waals surface area contributed by atoms with Crippen LogP contribution in [0, 0.1) is 5.92 Å². The molecule has 8 heteroatoms. The van der Waals surface area contributed by atoms with E-state index >= 15 is 0 Å². The molecule has 6 rings (SSSR count). The fourth-order valence-electron chi connectivity index (χ4n) is 5.06. The van der Waals surface area contributed by atoms with Gasteiger partial charge in [0.25, 0.3) is 5.91 Å². The SMILES string of the molecule is CC(=O)Nc1cc(-c2cnc3[nH]cc(-c4cnn(C)c4)c3c2)cc2c1C(=O)N([C@@H](C)C1CC1)C2. The second kappa shape index (κ2) is 7.55. The Labute approximate surface area is 197 Å². The van der Waals surface area contributed by atoms with Crippen molar-refractivity contribution in [2.75, 3.05) is 5.32 Å². The molecule has 172 valence electrons. The molecule has 0 radical (unpaired) electrons. The first-order chi connectivity index (χ1) is 16.4. The molecule has 0 spiro atoms. The summed E-state index contributed by atoms with van der Waals surface area (Å²) >= 11 is 0. The monoisotopic (exact) mass is 454 g/mol. The van der Waals surface area contributed by atoms with Crippen LogP contribution < -0.4 is 5.32 Å².